The van der Waals surface area contributed by atoms with Crippen LogP contribution in [-0.4, -0.2) is 45.9 Å². The van der Waals surface area contributed by atoms with Gasteiger partial charge >= 0.3 is 0 Å². The van der Waals surface area contributed by atoms with Crippen LogP contribution in [0.15, 0.2) is 67.0 Å². The van der Waals surface area contributed by atoms with Crippen LogP contribution in [0.1, 0.15) is 55.8 Å². The zero-order chi connectivity index (χ0) is 25.3. The fourth-order valence-corrected chi connectivity index (χ4v) is 4.58. The highest BCUT2D eigenvalue weighted by Gasteiger charge is 2.28. The number of fused-ring (bicyclic) bond motifs is 1. The summed E-state index contributed by atoms with van der Waals surface area (Å²) in [5.41, 5.74) is 9.87. The van der Waals surface area contributed by atoms with E-state index in [-0.39, 0.29) is 24.8 Å². The van der Waals surface area contributed by atoms with E-state index in [1.54, 1.807) is 13.4 Å². The molecule has 0 radical (unpaired) electrons. The summed E-state index contributed by atoms with van der Waals surface area (Å²) >= 11 is 0. The molecule has 5 rings (SSSR count). The molecule has 8 nitrogen and oxygen atoms in total. The van der Waals surface area contributed by atoms with Gasteiger partial charge in [0, 0.05) is 19.6 Å². The fourth-order valence-electron chi connectivity index (χ4n) is 4.58. The molecule has 3 heterocycles. The molecule has 1 aliphatic rings. The highest BCUT2D eigenvalue weighted by Crippen LogP contribution is 2.32. The van der Waals surface area contributed by atoms with E-state index >= 15 is 0 Å². The van der Waals surface area contributed by atoms with Crippen molar-refractivity contribution in [3.63, 3.8) is 0 Å². The maximum atomic E-state index is 6.17. The molecule has 8 heteroatoms. The van der Waals surface area contributed by atoms with Gasteiger partial charge in [-0.3, -0.25) is 4.57 Å². The number of anilines is 1. The smallest absolute Gasteiger partial charge is 0.167 e. The van der Waals surface area contributed by atoms with E-state index in [9.17, 15) is 0 Å². The van der Waals surface area contributed by atoms with Crippen LogP contribution in [0.5, 0.6) is 0 Å². The maximum Gasteiger partial charge on any atom is 0.167 e. The third-order valence-corrected chi connectivity index (χ3v) is 6.28. The Morgan fingerprint density at radius 3 is 2.31 bits per heavy atom. The maximum absolute atomic E-state index is 6.17. The van der Waals surface area contributed by atoms with E-state index in [2.05, 4.69) is 68.8 Å². The number of aromatic nitrogens is 4. The van der Waals surface area contributed by atoms with Gasteiger partial charge in [0.15, 0.2) is 17.0 Å². The Morgan fingerprint density at radius 2 is 1.69 bits per heavy atom. The van der Waals surface area contributed by atoms with Gasteiger partial charge in [-0.1, -0.05) is 74.5 Å². The molecule has 1 aliphatic heterocycles. The number of rotatable bonds is 9. The van der Waals surface area contributed by atoms with Crippen LogP contribution in [0.2, 0.25) is 0 Å². The molecule has 1 fully saturated rings. The number of hydrogen-bond acceptors (Lipinski definition) is 7. The zero-order valence-corrected chi connectivity index (χ0v) is 21.3. The van der Waals surface area contributed by atoms with E-state index in [4.69, 9.17) is 15.2 Å². The monoisotopic (exact) mass is 488 g/mol. The van der Waals surface area contributed by atoms with Crippen molar-refractivity contribution in [3.8, 4) is 0 Å². The van der Waals surface area contributed by atoms with Gasteiger partial charge < -0.3 is 20.5 Å². The van der Waals surface area contributed by atoms with Gasteiger partial charge in [-0.2, -0.15) is 0 Å². The second kappa shape index (κ2) is 12.6. The summed E-state index contributed by atoms with van der Waals surface area (Å²) in [5, 5.41) is 3.55. The Labute approximate surface area is 212 Å². The van der Waals surface area contributed by atoms with Crippen molar-refractivity contribution in [1.29, 1.82) is 0 Å². The number of benzene rings is 2. The molecule has 2 aromatic carbocycles. The highest BCUT2D eigenvalue weighted by molar-refractivity contribution is 5.83. The molecule has 0 bridgehead atoms. The SMILES string of the molecule is CC.COCC1CCC(n2cnc3c(NCC(c4ccccc4)c4ccccc4)nc(CN)nc32)O1. The second-order valence-corrected chi connectivity index (χ2v) is 8.52. The van der Waals surface area contributed by atoms with Crippen molar-refractivity contribution in [3.05, 3.63) is 83.9 Å². The minimum absolute atomic E-state index is 0.0818. The highest BCUT2D eigenvalue weighted by atomic mass is 16.5. The van der Waals surface area contributed by atoms with Gasteiger partial charge in [0.1, 0.15) is 12.1 Å². The topological polar surface area (TPSA) is 100 Å². The first kappa shape index (κ1) is 25.8. The van der Waals surface area contributed by atoms with E-state index < -0.39 is 0 Å². The molecule has 0 spiro atoms. The molecule has 2 unspecified atom stereocenters. The van der Waals surface area contributed by atoms with Crippen LogP contribution in [0.25, 0.3) is 11.2 Å². The molecule has 0 saturated carbocycles. The lowest BCUT2D eigenvalue weighted by atomic mass is 9.91. The zero-order valence-electron chi connectivity index (χ0n) is 21.3. The quantitative estimate of drug-likeness (QED) is 0.346. The Kier molecular flexibility index (Phi) is 9.00. The third-order valence-electron chi connectivity index (χ3n) is 6.28. The standard InChI is InChI=1S/C26H30N6O2.C2H6/c1-33-16-20-12-13-23(34-20)32-17-29-24-25(30-22(14-27)31-26(24)32)28-15-21(18-8-4-2-5-9-18)19-10-6-3-7-11-19;1-2/h2-11,17,20-21,23H,12-16,27H2,1H3,(H,28,30,31);1-2H3. The van der Waals surface area contributed by atoms with Crippen LogP contribution < -0.4 is 11.1 Å². The number of nitrogens with one attached hydrogen (secondary N) is 1. The minimum atomic E-state index is -0.125. The summed E-state index contributed by atoms with van der Waals surface area (Å²) in [6.45, 7) is 5.49. The van der Waals surface area contributed by atoms with Crippen molar-refractivity contribution in [2.75, 3.05) is 25.6 Å². The summed E-state index contributed by atoms with van der Waals surface area (Å²) in [6, 6.07) is 21.0. The first-order valence-corrected chi connectivity index (χ1v) is 12.7. The van der Waals surface area contributed by atoms with E-state index in [0.29, 0.717) is 24.8 Å². The van der Waals surface area contributed by atoms with Crippen LogP contribution >= 0.6 is 0 Å². The first-order valence-electron chi connectivity index (χ1n) is 12.7. The Bertz CT molecular complexity index is 1180. The van der Waals surface area contributed by atoms with Crippen LogP contribution in [0.3, 0.4) is 0 Å². The number of methoxy groups -OCH3 is 1. The molecular formula is C28H36N6O2. The van der Waals surface area contributed by atoms with Crippen LogP contribution in [0.4, 0.5) is 5.82 Å². The lowest BCUT2D eigenvalue weighted by molar-refractivity contribution is -0.0300. The predicted octanol–water partition coefficient (Wildman–Crippen LogP) is 4.88. The van der Waals surface area contributed by atoms with Crippen molar-refractivity contribution in [2.45, 2.75) is 51.5 Å². The van der Waals surface area contributed by atoms with E-state index in [0.717, 1.165) is 24.0 Å². The van der Waals surface area contributed by atoms with Crippen LogP contribution in [-0.2, 0) is 16.0 Å². The lowest BCUT2D eigenvalue weighted by Crippen LogP contribution is -2.17. The summed E-state index contributed by atoms with van der Waals surface area (Å²) in [7, 11) is 1.69. The van der Waals surface area contributed by atoms with Gasteiger partial charge in [-0.05, 0) is 24.0 Å². The van der Waals surface area contributed by atoms with Crippen molar-refractivity contribution < 1.29 is 9.47 Å². The minimum Gasteiger partial charge on any atom is -0.382 e. The Morgan fingerprint density at radius 1 is 1.03 bits per heavy atom. The Balaban J connectivity index is 0.00000148. The largest absolute Gasteiger partial charge is 0.382 e. The fraction of sp³-hybridized carbons (Fsp3) is 0.393. The summed E-state index contributed by atoms with van der Waals surface area (Å²) in [6.07, 6.45) is 3.57. The molecule has 2 atom stereocenters. The summed E-state index contributed by atoms with van der Waals surface area (Å²) in [4.78, 5) is 14.0. The molecule has 3 N–H and O–H groups in total. The number of imidazole rings is 1. The number of ether oxygens (including phenoxy) is 2. The average molecular weight is 489 g/mol. The molecule has 36 heavy (non-hydrogen) atoms. The van der Waals surface area contributed by atoms with Gasteiger partial charge in [0.05, 0.1) is 25.6 Å². The Hall–Kier alpha value is -3.33. The van der Waals surface area contributed by atoms with Gasteiger partial charge in [0.25, 0.3) is 0 Å². The van der Waals surface area contributed by atoms with Gasteiger partial charge in [-0.15, -0.1) is 0 Å². The van der Waals surface area contributed by atoms with Gasteiger partial charge in [-0.25, -0.2) is 15.0 Å². The summed E-state index contributed by atoms with van der Waals surface area (Å²) in [5.74, 6) is 1.41. The summed E-state index contributed by atoms with van der Waals surface area (Å²) < 4.78 is 13.4. The molecule has 0 aliphatic carbocycles. The normalized spacial score (nSPS) is 17.2. The van der Waals surface area contributed by atoms with Crippen molar-refractivity contribution >= 4 is 17.0 Å². The van der Waals surface area contributed by atoms with E-state index in [1.165, 1.54) is 11.1 Å². The molecule has 190 valence electrons. The molecule has 2 aromatic heterocycles. The first-order chi connectivity index (χ1) is 17.8. The van der Waals surface area contributed by atoms with Crippen LogP contribution in [0, 0.1) is 0 Å². The molecular weight excluding hydrogens is 452 g/mol. The molecule has 1 saturated heterocycles. The lowest BCUT2D eigenvalue weighted by Gasteiger charge is -2.20. The van der Waals surface area contributed by atoms with Crippen molar-refractivity contribution in [1.82, 2.24) is 19.5 Å². The van der Waals surface area contributed by atoms with Gasteiger partial charge in [0.2, 0.25) is 0 Å². The second-order valence-electron chi connectivity index (χ2n) is 8.52. The number of nitrogens with zero attached hydrogens (tertiary/aromatic N) is 4. The van der Waals surface area contributed by atoms with Crippen molar-refractivity contribution in [2.24, 2.45) is 5.73 Å². The molecule has 4 aromatic rings. The predicted molar refractivity (Wildman–Crippen MR) is 143 cm³/mol. The van der Waals surface area contributed by atoms with E-state index in [1.807, 2.05) is 30.5 Å². The molecule has 0 amide bonds. The third kappa shape index (κ3) is 5.73. The number of nitrogens with two attached hydrogens (primary N) is 1. The average Bonchev–Trinajstić information content (AvgIpc) is 3.58. The number of hydrogen-bond donors (Lipinski definition) is 2.